The largest absolute Gasteiger partial charge is 0.352 e. The summed E-state index contributed by atoms with van der Waals surface area (Å²) in [7, 11) is -3.59. The van der Waals surface area contributed by atoms with Crippen LogP contribution in [0.3, 0.4) is 0 Å². The van der Waals surface area contributed by atoms with Crippen LogP contribution in [0.4, 0.5) is 5.69 Å². The van der Waals surface area contributed by atoms with Crippen LogP contribution in [0.25, 0.3) is 0 Å². The molecule has 0 saturated heterocycles. The molecule has 0 unspecified atom stereocenters. The molecule has 1 N–H and O–H groups in total. The lowest BCUT2D eigenvalue weighted by Gasteiger charge is -2.33. The Kier molecular flexibility index (Phi) is 12.0. The Morgan fingerprint density at radius 3 is 2.29 bits per heavy atom. The van der Waals surface area contributed by atoms with Gasteiger partial charge in [0.1, 0.15) is 6.04 Å². The number of halogens is 1. The topological polar surface area (TPSA) is 86.8 Å². The first-order chi connectivity index (χ1) is 19.9. The van der Waals surface area contributed by atoms with Gasteiger partial charge in [-0.05, 0) is 68.0 Å². The molecule has 3 rings (SSSR count). The summed E-state index contributed by atoms with van der Waals surface area (Å²) < 4.78 is 26.9. The van der Waals surface area contributed by atoms with Gasteiger partial charge >= 0.3 is 0 Å². The number of sulfonamides is 1. The standard InChI is InChI=1S/C33H42ClN3O4S/c1-6-26(4)35-33(39)31(22-27-13-8-7-9-14-27)36(23-28-15-10-11-16-29(28)34)32(38)17-12-20-37(42(5,40)41)30-21-24(2)18-19-25(30)3/h7-11,13-16,18-19,21,26,31H,6,12,17,20,22-23H2,1-5H3,(H,35,39)/t26-,31-/m1/s1. The van der Waals surface area contributed by atoms with Gasteiger partial charge in [0, 0.05) is 37.0 Å². The van der Waals surface area contributed by atoms with E-state index in [1.54, 1.807) is 11.0 Å². The average molecular weight is 612 g/mol. The molecule has 0 heterocycles. The minimum atomic E-state index is -3.59. The van der Waals surface area contributed by atoms with Gasteiger partial charge in [0.15, 0.2) is 0 Å². The molecule has 3 aromatic rings. The zero-order valence-electron chi connectivity index (χ0n) is 25.1. The molecule has 9 heteroatoms. The molecule has 2 atom stereocenters. The minimum Gasteiger partial charge on any atom is -0.352 e. The molecular formula is C33H42ClN3O4S. The number of hydrogen-bond acceptors (Lipinski definition) is 4. The van der Waals surface area contributed by atoms with Crippen molar-refractivity contribution >= 4 is 39.1 Å². The van der Waals surface area contributed by atoms with Crippen LogP contribution in [-0.4, -0.2) is 50.0 Å². The van der Waals surface area contributed by atoms with E-state index in [0.717, 1.165) is 28.7 Å². The van der Waals surface area contributed by atoms with Crippen LogP contribution in [0, 0.1) is 13.8 Å². The van der Waals surface area contributed by atoms with Gasteiger partial charge in [-0.1, -0.05) is 79.2 Å². The molecule has 0 aliphatic rings. The number of hydrogen-bond donors (Lipinski definition) is 1. The van der Waals surface area contributed by atoms with Gasteiger partial charge in [0.25, 0.3) is 0 Å². The van der Waals surface area contributed by atoms with E-state index in [2.05, 4.69) is 5.32 Å². The normalized spacial score (nSPS) is 12.8. The van der Waals surface area contributed by atoms with Crippen molar-refractivity contribution in [3.8, 4) is 0 Å². The molecule has 0 bridgehead atoms. The van der Waals surface area contributed by atoms with Gasteiger partial charge in [0.2, 0.25) is 21.8 Å². The molecule has 0 saturated carbocycles. The molecule has 0 aliphatic carbocycles. The lowest BCUT2D eigenvalue weighted by atomic mass is 10.0. The van der Waals surface area contributed by atoms with E-state index in [-0.39, 0.29) is 43.8 Å². The fourth-order valence-corrected chi connectivity index (χ4v) is 5.99. The number of rotatable bonds is 14. The fraction of sp³-hybridized carbons (Fsp3) is 0.394. The first-order valence-electron chi connectivity index (χ1n) is 14.3. The monoisotopic (exact) mass is 611 g/mol. The minimum absolute atomic E-state index is 0.0588. The maximum atomic E-state index is 14.0. The number of nitrogens with one attached hydrogen (secondary N) is 1. The van der Waals surface area contributed by atoms with E-state index >= 15 is 0 Å². The second kappa shape index (κ2) is 15.2. The predicted molar refractivity (Wildman–Crippen MR) is 171 cm³/mol. The van der Waals surface area contributed by atoms with E-state index in [1.807, 2.05) is 94.4 Å². The van der Waals surface area contributed by atoms with Gasteiger partial charge in [0.05, 0.1) is 11.9 Å². The summed E-state index contributed by atoms with van der Waals surface area (Å²) in [5.74, 6) is -0.480. The molecular weight excluding hydrogens is 570 g/mol. The zero-order chi connectivity index (χ0) is 30.9. The van der Waals surface area contributed by atoms with Crippen LogP contribution in [0.5, 0.6) is 0 Å². The highest BCUT2D eigenvalue weighted by Gasteiger charge is 2.31. The van der Waals surface area contributed by atoms with Crippen molar-refractivity contribution in [2.45, 2.75) is 72.0 Å². The van der Waals surface area contributed by atoms with E-state index in [9.17, 15) is 18.0 Å². The summed E-state index contributed by atoms with van der Waals surface area (Å²) in [6.45, 7) is 8.00. The van der Waals surface area contributed by atoms with Crippen LogP contribution >= 0.6 is 11.6 Å². The fourth-order valence-electron chi connectivity index (χ4n) is 4.78. The third kappa shape index (κ3) is 9.33. The Bertz CT molecular complexity index is 1460. The molecule has 0 aliphatic heterocycles. The highest BCUT2D eigenvalue weighted by atomic mass is 35.5. The van der Waals surface area contributed by atoms with Crippen LogP contribution in [0.15, 0.2) is 72.8 Å². The lowest BCUT2D eigenvalue weighted by Crippen LogP contribution is -2.52. The quantitative estimate of drug-likeness (QED) is 0.240. The highest BCUT2D eigenvalue weighted by Crippen LogP contribution is 2.25. The Labute approximate surface area is 255 Å². The highest BCUT2D eigenvalue weighted by molar-refractivity contribution is 7.92. The maximum Gasteiger partial charge on any atom is 0.243 e. The Morgan fingerprint density at radius 1 is 0.976 bits per heavy atom. The molecule has 0 fully saturated rings. The van der Waals surface area contributed by atoms with Crippen LogP contribution in [0.1, 0.15) is 55.4 Å². The summed E-state index contributed by atoms with van der Waals surface area (Å²) in [5, 5.41) is 3.57. The number of amides is 2. The number of carbonyl (C=O) groups excluding carboxylic acids is 2. The van der Waals surface area contributed by atoms with Crippen LogP contribution in [-0.2, 0) is 32.6 Å². The lowest BCUT2D eigenvalue weighted by molar-refractivity contribution is -0.141. The Hall–Kier alpha value is -3.36. The van der Waals surface area contributed by atoms with Crippen LogP contribution < -0.4 is 9.62 Å². The second-order valence-corrected chi connectivity index (χ2v) is 13.2. The van der Waals surface area contributed by atoms with Crippen molar-refractivity contribution < 1.29 is 18.0 Å². The van der Waals surface area contributed by atoms with E-state index in [4.69, 9.17) is 11.6 Å². The first kappa shape index (κ1) is 33.1. The van der Waals surface area contributed by atoms with Gasteiger partial charge in [-0.15, -0.1) is 0 Å². The smallest absolute Gasteiger partial charge is 0.243 e. The Balaban J connectivity index is 1.92. The van der Waals surface area contributed by atoms with E-state index in [0.29, 0.717) is 17.1 Å². The summed E-state index contributed by atoms with van der Waals surface area (Å²) in [6, 6.07) is 21.7. The molecule has 0 radical (unpaired) electrons. The number of nitrogens with zero attached hydrogens (tertiary/aromatic N) is 2. The van der Waals surface area contributed by atoms with Crippen molar-refractivity contribution in [3.63, 3.8) is 0 Å². The molecule has 0 spiro atoms. The third-order valence-electron chi connectivity index (χ3n) is 7.36. The summed E-state index contributed by atoms with van der Waals surface area (Å²) in [4.78, 5) is 29.2. The van der Waals surface area contributed by atoms with Crippen molar-refractivity contribution in [1.29, 1.82) is 0 Å². The van der Waals surface area contributed by atoms with Gasteiger partial charge in [-0.25, -0.2) is 8.42 Å². The number of aryl methyl sites for hydroxylation is 2. The van der Waals surface area contributed by atoms with E-state index in [1.165, 1.54) is 10.6 Å². The van der Waals surface area contributed by atoms with Crippen molar-refractivity contribution in [1.82, 2.24) is 10.2 Å². The Morgan fingerprint density at radius 2 is 1.64 bits per heavy atom. The van der Waals surface area contributed by atoms with Gasteiger partial charge < -0.3 is 10.2 Å². The molecule has 42 heavy (non-hydrogen) atoms. The zero-order valence-corrected chi connectivity index (χ0v) is 26.7. The molecule has 226 valence electrons. The summed E-state index contributed by atoms with van der Waals surface area (Å²) in [5.41, 5.74) is 4.05. The molecule has 3 aromatic carbocycles. The van der Waals surface area contributed by atoms with E-state index < -0.39 is 16.1 Å². The molecule has 0 aromatic heterocycles. The van der Waals surface area contributed by atoms with Crippen molar-refractivity contribution in [2.75, 3.05) is 17.1 Å². The SMILES string of the molecule is CC[C@@H](C)NC(=O)[C@@H](Cc1ccccc1)N(Cc1ccccc1Cl)C(=O)CCCN(c1cc(C)ccc1C)S(C)(=O)=O. The number of carbonyl (C=O) groups is 2. The predicted octanol–water partition coefficient (Wildman–Crippen LogP) is 6.06. The van der Waals surface area contributed by atoms with Crippen molar-refractivity contribution in [2.24, 2.45) is 0 Å². The van der Waals surface area contributed by atoms with Gasteiger partial charge in [-0.2, -0.15) is 0 Å². The van der Waals surface area contributed by atoms with Crippen molar-refractivity contribution in [3.05, 3.63) is 100 Å². The second-order valence-electron chi connectivity index (χ2n) is 10.9. The summed E-state index contributed by atoms with van der Waals surface area (Å²) >= 11 is 6.50. The average Bonchev–Trinajstić information content (AvgIpc) is 2.95. The maximum absolute atomic E-state index is 14.0. The number of benzene rings is 3. The number of anilines is 1. The molecule has 2 amide bonds. The van der Waals surface area contributed by atoms with Gasteiger partial charge in [-0.3, -0.25) is 13.9 Å². The summed E-state index contributed by atoms with van der Waals surface area (Å²) in [6.07, 6.45) is 2.60. The molecule has 7 nitrogen and oxygen atoms in total. The first-order valence-corrected chi connectivity index (χ1v) is 16.6. The third-order valence-corrected chi connectivity index (χ3v) is 8.90. The van der Waals surface area contributed by atoms with Crippen LogP contribution in [0.2, 0.25) is 5.02 Å².